The molecule has 0 bridgehead atoms. The fraction of sp³-hybridized carbons (Fsp3) is 0.0526. The Morgan fingerprint density at radius 3 is 2.67 bits per heavy atom. The van der Waals surface area contributed by atoms with Crippen molar-refractivity contribution in [1.29, 1.82) is 0 Å². The van der Waals surface area contributed by atoms with E-state index in [1.165, 1.54) is 11.3 Å². The van der Waals surface area contributed by atoms with Crippen LogP contribution in [0.2, 0.25) is 0 Å². The lowest BCUT2D eigenvalue weighted by Crippen LogP contribution is -2.27. The third kappa shape index (κ3) is 2.49. The van der Waals surface area contributed by atoms with E-state index >= 15 is 0 Å². The first kappa shape index (κ1) is 14.7. The largest absolute Gasteiger partial charge is 0.321 e. The van der Waals surface area contributed by atoms with E-state index < -0.39 is 0 Å². The van der Waals surface area contributed by atoms with Gasteiger partial charge in [-0.25, -0.2) is 14.5 Å². The Balaban J connectivity index is 1.88. The van der Waals surface area contributed by atoms with Crippen LogP contribution >= 0.6 is 11.3 Å². The number of imidazole rings is 1. The minimum absolute atomic E-state index is 0.0999. The highest BCUT2D eigenvalue weighted by Gasteiger charge is 2.24. The average Bonchev–Trinajstić information content (AvgIpc) is 3.25. The second-order valence-corrected chi connectivity index (χ2v) is 6.50. The van der Waals surface area contributed by atoms with Crippen LogP contribution < -0.4 is 9.72 Å². The summed E-state index contributed by atoms with van der Waals surface area (Å²) in [5.41, 5.74) is 4.01. The van der Waals surface area contributed by atoms with Crippen LogP contribution in [0.25, 0.3) is 16.9 Å². The van der Waals surface area contributed by atoms with E-state index in [4.69, 9.17) is 0 Å². The summed E-state index contributed by atoms with van der Waals surface area (Å²) in [6, 6.07) is 17.7. The Morgan fingerprint density at radius 1 is 1.08 bits per heavy atom. The highest BCUT2D eigenvalue weighted by molar-refractivity contribution is 7.12. The number of fused-ring (bicyclic) bond motifs is 1. The van der Waals surface area contributed by atoms with Gasteiger partial charge in [0.25, 0.3) is 5.82 Å². The molecule has 0 spiro atoms. The average molecular weight is 334 g/mol. The van der Waals surface area contributed by atoms with Gasteiger partial charge >= 0.3 is 5.91 Å². The highest BCUT2D eigenvalue weighted by atomic mass is 32.1. The van der Waals surface area contributed by atoms with Gasteiger partial charge in [-0.2, -0.15) is 0 Å². The van der Waals surface area contributed by atoms with Gasteiger partial charge in [-0.05, 0) is 30.5 Å². The lowest BCUT2D eigenvalue weighted by atomic mass is 10.1. The molecule has 0 unspecified atom stereocenters. The smallest absolute Gasteiger partial charge is 0.267 e. The molecule has 0 radical (unpaired) electrons. The molecule has 5 heteroatoms. The zero-order chi connectivity index (χ0) is 16.5. The SMILES string of the molecule is Cc1ccc[n+]2c(NC(=O)c3cccs3)c(-c3ccccc3)[nH]c12. The van der Waals surface area contributed by atoms with Gasteiger partial charge in [0.1, 0.15) is 4.88 Å². The van der Waals surface area contributed by atoms with Crippen molar-refractivity contribution >= 4 is 28.7 Å². The maximum absolute atomic E-state index is 12.6. The molecular formula is C19H16N3OS+. The van der Waals surface area contributed by atoms with Crippen LogP contribution in [-0.2, 0) is 0 Å². The second kappa shape index (κ2) is 5.94. The summed E-state index contributed by atoms with van der Waals surface area (Å²) in [7, 11) is 0. The molecule has 0 aliphatic heterocycles. The summed E-state index contributed by atoms with van der Waals surface area (Å²) in [6.45, 7) is 2.05. The van der Waals surface area contributed by atoms with Crippen molar-refractivity contribution in [1.82, 2.24) is 4.98 Å². The predicted octanol–water partition coefficient (Wildman–Crippen LogP) is 4.04. The van der Waals surface area contributed by atoms with Crippen molar-refractivity contribution in [3.05, 3.63) is 76.6 Å². The molecule has 3 heterocycles. The predicted molar refractivity (Wildman–Crippen MR) is 96.4 cm³/mol. The van der Waals surface area contributed by atoms with Crippen molar-refractivity contribution in [3.8, 4) is 11.3 Å². The number of H-pyrrole nitrogens is 1. The Hall–Kier alpha value is -2.92. The maximum atomic E-state index is 12.6. The second-order valence-electron chi connectivity index (χ2n) is 5.56. The van der Waals surface area contributed by atoms with Gasteiger partial charge in [0.05, 0.1) is 6.20 Å². The number of carbonyl (C=O) groups excluding carboxylic acids is 1. The number of benzene rings is 1. The summed E-state index contributed by atoms with van der Waals surface area (Å²) in [5, 5.41) is 4.97. The molecule has 0 aliphatic carbocycles. The van der Waals surface area contributed by atoms with Crippen LogP contribution in [0.4, 0.5) is 5.82 Å². The molecule has 4 aromatic rings. The number of nitrogens with zero attached hydrogens (tertiary/aromatic N) is 1. The Morgan fingerprint density at radius 2 is 1.92 bits per heavy atom. The quantitative estimate of drug-likeness (QED) is 0.546. The summed E-state index contributed by atoms with van der Waals surface area (Å²) >= 11 is 1.43. The Labute approximate surface area is 143 Å². The number of rotatable bonds is 3. The number of thiophene rings is 1. The van der Waals surface area contributed by atoms with E-state index in [-0.39, 0.29) is 5.91 Å². The number of aromatic nitrogens is 2. The van der Waals surface area contributed by atoms with Gasteiger partial charge < -0.3 is 0 Å². The highest BCUT2D eigenvalue weighted by Crippen LogP contribution is 2.26. The monoisotopic (exact) mass is 334 g/mol. The van der Waals surface area contributed by atoms with Gasteiger partial charge in [-0.1, -0.05) is 36.4 Å². The van der Waals surface area contributed by atoms with Crippen molar-refractivity contribution in [2.24, 2.45) is 0 Å². The van der Waals surface area contributed by atoms with E-state index in [1.807, 2.05) is 77.5 Å². The van der Waals surface area contributed by atoms with Crippen LogP contribution in [0.15, 0.2) is 66.2 Å². The minimum Gasteiger partial charge on any atom is -0.267 e. The maximum Gasteiger partial charge on any atom is 0.321 e. The van der Waals surface area contributed by atoms with Crippen molar-refractivity contribution in [3.63, 3.8) is 0 Å². The van der Waals surface area contributed by atoms with E-state index in [0.29, 0.717) is 4.88 Å². The van der Waals surface area contributed by atoms with Crippen molar-refractivity contribution in [2.45, 2.75) is 6.92 Å². The molecular weight excluding hydrogens is 318 g/mol. The Bertz CT molecular complexity index is 1000. The van der Waals surface area contributed by atoms with Gasteiger partial charge in [0, 0.05) is 11.1 Å². The lowest BCUT2D eigenvalue weighted by Gasteiger charge is -2.01. The molecule has 24 heavy (non-hydrogen) atoms. The van der Waals surface area contributed by atoms with Crippen LogP contribution in [0, 0.1) is 6.92 Å². The number of aromatic amines is 1. The molecule has 118 valence electrons. The summed E-state index contributed by atoms with van der Waals surface area (Å²) in [4.78, 5) is 16.7. The molecule has 0 saturated carbocycles. The third-order valence-electron chi connectivity index (χ3n) is 3.96. The molecule has 3 aromatic heterocycles. The van der Waals surface area contributed by atoms with E-state index in [1.54, 1.807) is 0 Å². The first-order valence-electron chi connectivity index (χ1n) is 7.67. The van der Waals surface area contributed by atoms with Crippen LogP contribution in [0.1, 0.15) is 15.2 Å². The summed E-state index contributed by atoms with van der Waals surface area (Å²) < 4.78 is 1.99. The molecule has 0 saturated heterocycles. The van der Waals surface area contributed by atoms with Gasteiger partial charge in [0.2, 0.25) is 5.65 Å². The van der Waals surface area contributed by atoms with E-state index in [9.17, 15) is 4.79 Å². The van der Waals surface area contributed by atoms with Crippen LogP contribution in [0.3, 0.4) is 0 Å². The van der Waals surface area contributed by atoms with Crippen molar-refractivity contribution < 1.29 is 9.20 Å². The van der Waals surface area contributed by atoms with E-state index in [2.05, 4.69) is 10.3 Å². The first-order chi connectivity index (χ1) is 11.7. The zero-order valence-electron chi connectivity index (χ0n) is 13.1. The fourth-order valence-corrected chi connectivity index (χ4v) is 3.39. The molecule has 4 nitrogen and oxygen atoms in total. The summed E-state index contributed by atoms with van der Waals surface area (Å²) in [5.74, 6) is 0.649. The van der Waals surface area contributed by atoms with Gasteiger partial charge in [-0.15, -0.1) is 11.3 Å². The normalized spacial score (nSPS) is 10.9. The summed E-state index contributed by atoms with van der Waals surface area (Å²) in [6.07, 6.45) is 1.95. The van der Waals surface area contributed by atoms with Gasteiger partial charge in [-0.3, -0.25) is 4.98 Å². The van der Waals surface area contributed by atoms with Crippen LogP contribution in [0.5, 0.6) is 0 Å². The molecule has 1 aromatic carbocycles. The number of amides is 1. The number of hydrogen-bond donors (Lipinski definition) is 2. The first-order valence-corrected chi connectivity index (χ1v) is 8.55. The van der Waals surface area contributed by atoms with Crippen molar-refractivity contribution in [2.75, 3.05) is 5.32 Å². The molecule has 0 fully saturated rings. The number of hydrogen-bond acceptors (Lipinski definition) is 2. The molecule has 0 aliphatic rings. The van der Waals surface area contributed by atoms with Crippen LogP contribution in [-0.4, -0.2) is 10.9 Å². The molecule has 2 N–H and O–H groups in total. The number of aryl methyl sites for hydroxylation is 1. The lowest BCUT2D eigenvalue weighted by molar-refractivity contribution is -0.494. The zero-order valence-corrected chi connectivity index (χ0v) is 13.9. The minimum atomic E-state index is -0.0999. The van der Waals surface area contributed by atoms with Gasteiger partial charge in [0.15, 0.2) is 5.69 Å². The number of nitrogens with one attached hydrogen (secondary N) is 2. The fourth-order valence-electron chi connectivity index (χ4n) is 2.77. The number of carbonyl (C=O) groups is 1. The number of pyridine rings is 1. The molecule has 4 rings (SSSR count). The van der Waals surface area contributed by atoms with E-state index in [0.717, 1.165) is 28.3 Å². The third-order valence-corrected chi connectivity index (χ3v) is 4.82. The standard InChI is InChI=1S/C19H15N3OS/c1-13-7-5-11-22-17(13)20-16(14-8-3-2-4-9-14)18(22)21-19(23)15-10-6-12-24-15/h2-12H,1H3,(H,21,23)/p+1. The Kier molecular flexibility index (Phi) is 3.63. The molecule has 0 atom stereocenters. The molecule has 1 amide bonds. The topological polar surface area (TPSA) is 49.0 Å². The number of anilines is 1.